The van der Waals surface area contributed by atoms with Crippen molar-refractivity contribution in [3.63, 3.8) is 0 Å². The third-order valence-electron chi connectivity index (χ3n) is 17.1. The van der Waals surface area contributed by atoms with Gasteiger partial charge in [-0.25, -0.2) is 4.79 Å². The number of nitrogens with one attached hydrogen (secondary N) is 2. The highest BCUT2D eigenvalue weighted by Gasteiger charge is 2.67. The van der Waals surface area contributed by atoms with Gasteiger partial charge in [0.15, 0.2) is 0 Å². The van der Waals surface area contributed by atoms with Gasteiger partial charge in [-0.15, -0.1) is 5.92 Å². The molecule has 0 spiro atoms. The molecule has 0 radical (unpaired) electrons. The van der Waals surface area contributed by atoms with E-state index in [-0.39, 0.29) is 79.7 Å². The van der Waals surface area contributed by atoms with E-state index in [0.717, 1.165) is 70.8 Å². The average Bonchev–Trinajstić information content (AvgIpc) is 3.77. The molecule has 0 amide bonds. The van der Waals surface area contributed by atoms with E-state index in [2.05, 4.69) is 29.4 Å². The Morgan fingerprint density at radius 1 is 0.983 bits per heavy atom. The van der Waals surface area contributed by atoms with Gasteiger partial charge < -0.3 is 56.7 Å². The van der Waals surface area contributed by atoms with Gasteiger partial charge in [-0.05, 0) is 127 Å². The number of piperidine rings is 2. The Hall–Kier alpha value is -1.96. The third-order valence-corrected chi connectivity index (χ3v) is 17.1. The molecule has 10 N–H and O–H groups in total. The van der Waals surface area contributed by atoms with Crippen LogP contribution in [0.15, 0.2) is 11.6 Å². The molecule has 18 atom stereocenters. The number of nitrogens with two attached hydrogens (primary N) is 2. The standard InChI is InChI=1S/C47H74N4O9/c1-3-33(27-8-4-5-9-27)45(57)59-36-22-34-42(56)39-35(55)21-32(24-52)58-44(39)40-41(28-15-17-50-38(49)19-28)47(25-53,30-10-6-12-31(54)20-30)16-7-11-29(46(36,2)60-43(34)40)18-26-13-14-37(48)51-23-26/h3,26-32,34,36-44,50-54,56H,4-6,8-15,17-25,48-49H2,1-2H3. The average molecular weight is 839 g/mol. The second-order valence-electron chi connectivity index (χ2n) is 20.4. The first-order valence-corrected chi connectivity index (χ1v) is 23.7. The lowest BCUT2D eigenvalue weighted by molar-refractivity contribution is -0.308. The van der Waals surface area contributed by atoms with Crippen LogP contribution >= 0.6 is 0 Å². The molecule has 0 aromatic heterocycles. The van der Waals surface area contributed by atoms with Crippen molar-refractivity contribution in [2.75, 3.05) is 26.3 Å². The summed E-state index contributed by atoms with van der Waals surface area (Å²) >= 11 is 0. The van der Waals surface area contributed by atoms with Gasteiger partial charge in [-0.3, -0.25) is 4.79 Å². The topological polar surface area (TPSA) is 219 Å². The van der Waals surface area contributed by atoms with Crippen LogP contribution in [0.1, 0.15) is 117 Å². The molecule has 3 aliphatic carbocycles. The molecular weight excluding hydrogens is 765 g/mol. The highest BCUT2D eigenvalue weighted by molar-refractivity contribution is 5.89. The van der Waals surface area contributed by atoms with E-state index in [9.17, 15) is 30.0 Å². The zero-order chi connectivity index (χ0) is 42.3. The maximum absolute atomic E-state index is 14.4. The lowest BCUT2D eigenvalue weighted by Gasteiger charge is -2.63. The smallest absolute Gasteiger partial charge is 0.334 e. The maximum atomic E-state index is 14.4. The Morgan fingerprint density at radius 2 is 1.78 bits per heavy atom. The summed E-state index contributed by atoms with van der Waals surface area (Å²) < 4.78 is 21.4. The van der Waals surface area contributed by atoms with Crippen molar-refractivity contribution in [2.45, 2.75) is 171 Å². The summed E-state index contributed by atoms with van der Waals surface area (Å²) in [4.78, 5) is 28.8. The van der Waals surface area contributed by atoms with E-state index in [1.807, 2.05) is 13.0 Å². The van der Waals surface area contributed by atoms with Crippen molar-refractivity contribution in [1.82, 2.24) is 10.6 Å². The Balaban J connectivity index is 1.31. The van der Waals surface area contributed by atoms with Gasteiger partial charge in [0.1, 0.15) is 17.5 Å². The molecule has 2 bridgehead atoms. The Kier molecular flexibility index (Phi) is 13.9. The number of aliphatic hydroxyl groups is 4. The fraction of sp³-hybridized carbons (Fsp3) is 0.872. The third kappa shape index (κ3) is 8.41. The van der Waals surface area contributed by atoms with Gasteiger partial charge in [-0.2, -0.15) is 0 Å². The molecule has 3 saturated carbocycles. The lowest BCUT2D eigenvalue weighted by Crippen LogP contribution is -2.72. The SMILES string of the molecule is CC=C(C(=O)OC1CC2C(O)C3C(=O)CC(CO)OC3C3C2OC1(C)C(CC1CCC(N)NC1)CC#CC(CO)(C1CCCC(O)C1)C3C1CCNC(N)C1)C1CCCC1. The molecule has 7 fully saturated rings. The zero-order valence-corrected chi connectivity index (χ0v) is 36.0. The predicted octanol–water partition coefficient (Wildman–Crippen LogP) is 2.65. The second kappa shape index (κ2) is 18.6. The second-order valence-corrected chi connectivity index (χ2v) is 20.4. The Labute approximate surface area is 356 Å². The number of esters is 1. The Bertz CT molecular complexity index is 1620. The molecule has 5 heterocycles. The summed E-state index contributed by atoms with van der Waals surface area (Å²) in [7, 11) is 0. The van der Waals surface area contributed by atoms with Crippen molar-refractivity contribution in [1.29, 1.82) is 0 Å². The monoisotopic (exact) mass is 839 g/mol. The number of hydrogen-bond donors (Lipinski definition) is 8. The summed E-state index contributed by atoms with van der Waals surface area (Å²) in [6.45, 7) is 4.78. The van der Waals surface area contributed by atoms with Crippen LogP contribution in [0.25, 0.3) is 0 Å². The number of hydrogen-bond acceptors (Lipinski definition) is 13. The number of fused-ring (bicyclic) bond motifs is 3. The minimum atomic E-state index is -1.15. The van der Waals surface area contributed by atoms with Gasteiger partial charge >= 0.3 is 5.97 Å². The van der Waals surface area contributed by atoms with Crippen LogP contribution < -0.4 is 22.1 Å². The number of ether oxygens (including phenoxy) is 3. The van der Waals surface area contributed by atoms with E-state index >= 15 is 0 Å². The zero-order valence-electron chi connectivity index (χ0n) is 36.0. The van der Waals surface area contributed by atoms with E-state index in [1.54, 1.807) is 0 Å². The quantitative estimate of drug-likeness (QED) is 0.0953. The van der Waals surface area contributed by atoms with Crippen molar-refractivity contribution in [2.24, 2.45) is 70.1 Å². The van der Waals surface area contributed by atoms with Crippen LogP contribution in [0.4, 0.5) is 0 Å². The molecule has 0 aromatic rings. The van der Waals surface area contributed by atoms with Gasteiger partial charge in [0.25, 0.3) is 0 Å². The molecule has 8 aliphatic rings. The van der Waals surface area contributed by atoms with Crippen molar-refractivity contribution in [3.8, 4) is 11.8 Å². The van der Waals surface area contributed by atoms with E-state index in [4.69, 9.17) is 25.7 Å². The van der Waals surface area contributed by atoms with Gasteiger partial charge in [0, 0.05) is 36.2 Å². The Morgan fingerprint density at radius 3 is 2.47 bits per heavy atom. The number of allylic oxidation sites excluding steroid dienone is 1. The normalized spacial score (nSPS) is 47.7. The summed E-state index contributed by atoms with van der Waals surface area (Å²) in [5.74, 6) is 4.49. The van der Waals surface area contributed by atoms with Gasteiger partial charge in [0.2, 0.25) is 0 Å². The molecule has 4 saturated heterocycles. The first-order valence-electron chi connectivity index (χ1n) is 23.7. The highest BCUT2D eigenvalue weighted by atomic mass is 16.6. The summed E-state index contributed by atoms with van der Waals surface area (Å²) in [6, 6.07) is 0. The summed E-state index contributed by atoms with van der Waals surface area (Å²) in [6.07, 6.45) is 8.16. The minimum absolute atomic E-state index is 0.0221. The number of aliphatic hydroxyl groups excluding tert-OH is 4. The van der Waals surface area contributed by atoms with Gasteiger partial charge in [0.05, 0.1) is 67.4 Å². The van der Waals surface area contributed by atoms with E-state index < -0.39 is 71.3 Å². The van der Waals surface area contributed by atoms with E-state index in [1.165, 1.54) is 0 Å². The summed E-state index contributed by atoms with van der Waals surface area (Å²) in [5.41, 5.74) is 11.6. The van der Waals surface area contributed by atoms with Crippen LogP contribution in [-0.2, 0) is 23.8 Å². The van der Waals surface area contributed by atoms with Crippen LogP contribution in [-0.4, -0.2) is 113 Å². The molecule has 13 heteroatoms. The molecule has 0 aromatic carbocycles. The number of carbonyl (C=O) groups is 2. The largest absolute Gasteiger partial charge is 0.456 e. The molecule has 5 aliphatic heterocycles. The van der Waals surface area contributed by atoms with Crippen LogP contribution in [0.3, 0.4) is 0 Å². The van der Waals surface area contributed by atoms with Crippen LogP contribution in [0, 0.1) is 70.5 Å². The summed E-state index contributed by atoms with van der Waals surface area (Å²) in [5, 5.41) is 53.4. The lowest BCUT2D eigenvalue weighted by atomic mass is 9.48. The molecule has 18 unspecified atom stereocenters. The molecular formula is C47H74N4O9. The predicted molar refractivity (Wildman–Crippen MR) is 224 cm³/mol. The fourth-order valence-electron chi connectivity index (χ4n) is 14.0. The van der Waals surface area contributed by atoms with Crippen LogP contribution in [0.2, 0.25) is 0 Å². The highest BCUT2D eigenvalue weighted by Crippen LogP contribution is 2.60. The number of rotatable bonds is 9. The molecule has 13 nitrogen and oxygen atoms in total. The molecule has 8 rings (SSSR count). The van der Waals surface area contributed by atoms with E-state index in [0.29, 0.717) is 37.8 Å². The maximum Gasteiger partial charge on any atom is 0.334 e. The number of carbonyl (C=O) groups excluding carboxylic acids is 2. The number of ketones is 1. The first kappa shape index (κ1) is 44.6. The van der Waals surface area contributed by atoms with Crippen molar-refractivity contribution in [3.05, 3.63) is 11.6 Å². The van der Waals surface area contributed by atoms with Gasteiger partial charge in [-0.1, -0.05) is 31.3 Å². The number of Topliss-reactive ketones (excluding diaryl/α,β-unsaturated/α-hetero) is 1. The first-order chi connectivity index (χ1) is 28.9. The fourth-order valence-corrected chi connectivity index (χ4v) is 14.0. The van der Waals surface area contributed by atoms with Crippen molar-refractivity contribution < 1.29 is 44.2 Å². The molecule has 60 heavy (non-hydrogen) atoms. The van der Waals surface area contributed by atoms with Crippen LogP contribution in [0.5, 0.6) is 0 Å². The minimum Gasteiger partial charge on any atom is -0.456 e. The van der Waals surface area contributed by atoms with Crippen molar-refractivity contribution >= 4 is 11.8 Å². The molecule has 336 valence electrons.